The maximum absolute atomic E-state index is 11.0. The van der Waals surface area contributed by atoms with Gasteiger partial charge < -0.3 is 20.6 Å². The van der Waals surface area contributed by atoms with Gasteiger partial charge in [0, 0.05) is 23.8 Å². The second-order valence-corrected chi connectivity index (χ2v) is 6.54. The van der Waals surface area contributed by atoms with Gasteiger partial charge in [-0.3, -0.25) is 14.9 Å². The van der Waals surface area contributed by atoms with Gasteiger partial charge >= 0.3 is 0 Å². The molecule has 0 aliphatic heterocycles. The SMILES string of the molecule is CC(=O)O.CCC(c1ccc(CCNCCc2ccc(O)c(O)c2)cc1)[N+](=O)[O-]. The predicted octanol–water partition coefficient (Wildman–Crippen LogP) is 3.29. The van der Waals surface area contributed by atoms with Gasteiger partial charge in [-0.25, -0.2) is 0 Å². The molecular formula is C21H28N2O6. The van der Waals surface area contributed by atoms with Gasteiger partial charge in [-0.15, -0.1) is 0 Å². The van der Waals surface area contributed by atoms with Crippen LogP contribution >= 0.6 is 0 Å². The van der Waals surface area contributed by atoms with Crippen molar-refractivity contribution in [1.29, 1.82) is 0 Å². The summed E-state index contributed by atoms with van der Waals surface area (Å²) in [5.74, 6) is -1.04. The maximum atomic E-state index is 11.0. The normalized spacial score (nSPS) is 11.2. The van der Waals surface area contributed by atoms with E-state index < -0.39 is 12.0 Å². The lowest BCUT2D eigenvalue weighted by Gasteiger charge is -2.09. The van der Waals surface area contributed by atoms with Crippen LogP contribution in [0.1, 0.15) is 43.0 Å². The van der Waals surface area contributed by atoms with Gasteiger partial charge in [0.05, 0.1) is 0 Å². The molecule has 0 radical (unpaired) electrons. The summed E-state index contributed by atoms with van der Waals surface area (Å²) < 4.78 is 0. The summed E-state index contributed by atoms with van der Waals surface area (Å²) in [4.78, 5) is 19.7. The van der Waals surface area contributed by atoms with E-state index in [9.17, 15) is 20.3 Å². The van der Waals surface area contributed by atoms with Gasteiger partial charge in [0.2, 0.25) is 6.04 Å². The van der Waals surface area contributed by atoms with Crippen LogP contribution in [0.15, 0.2) is 42.5 Å². The minimum atomic E-state index is -0.833. The molecule has 0 aliphatic rings. The smallest absolute Gasteiger partial charge is 0.300 e. The standard InChI is InChI=1S/C19H24N2O4.C2H4O2/c1-2-17(21(24)25)16-6-3-14(4-7-16)9-11-20-12-10-15-5-8-18(22)19(23)13-15;1-2(3)4/h3-8,13,17,20,22-23H,2,9-12H2,1H3;1H3,(H,3,4). The molecule has 2 rings (SSSR count). The Morgan fingerprint density at radius 3 is 2.03 bits per heavy atom. The summed E-state index contributed by atoms with van der Waals surface area (Å²) in [7, 11) is 0. The molecular weight excluding hydrogens is 376 g/mol. The van der Waals surface area contributed by atoms with Crippen molar-refractivity contribution in [3.8, 4) is 11.5 Å². The molecule has 0 saturated heterocycles. The zero-order valence-electron chi connectivity index (χ0n) is 16.7. The summed E-state index contributed by atoms with van der Waals surface area (Å²) in [5.41, 5.74) is 2.84. The summed E-state index contributed by atoms with van der Waals surface area (Å²) in [6, 6.07) is 11.8. The molecule has 0 heterocycles. The van der Waals surface area contributed by atoms with E-state index in [0.717, 1.165) is 49.5 Å². The highest BCUT2D eigenvalue weighted by Crippen LogP contribution is 2.25. The van der Waals surface area contributed by atoms with Crippen LogP contribution in [0.3, 0.4) is 0 Å². The molecule has 0 aromatic heterocycles. The number of benzene rings is 2. The third kappa shape index (κ3) is 9.07. The lowest BCUT2D eigenvalue weighted by molar-refractivity contribution is -0.529. The summed E-state index contributed by atoms with van der Waals surface area (Å²) in [6.07, 6.45) is 2.09. The summed E-state index contributed by atoms with van der Waals surface area (Å²) in [6.45, 7) is 4.47. The Hall–Kier alpha value is -3.13. The van der Waals surface area contributed by atoms with Crippen molar-refractivity contribution < 1.29 is 25.0 Å². The number of carboxylic acids is 1. The number of nitrogens with zero attached hydrogens (tertiary/aromatic N) is 1. The molecule has 8 nitrogen and oxygen atoms in total. The largest absolute Gasteiger partial charge is 0.504 e. The van der Waals surface area contributed by atoms with E-state index in [-0.39, 0.29) is 16.4 Å². The molecule has 29 heavy (non-hydrogen) atoms. The van der Waals surface area contributed by atoms with Crippen molar-refractivity contribution in [3.63, 3.8) is 0 Å². The van der Waals surface area contributed by atoms with E-state index in [1.807, 2.05) is 31.2 Å². The third-order valence-corrected chi connectivity index (χ3v) is 4.23. The highest BCUT2D eigenvalue weighted by Gasteiger charge is 2.19. The highest BCUT2D eigenvalue weighted by atomic mass is 16.6. The van der Waals surface area contributed by atoms with E-state index in [2.05, 4.69) is 5.32 Å². The topological polar surface area (TPSA) is 133 Å². The van der Waals surface area contributed by atoms with E-state index in [1.54, 1.807) is 12.1 Å². The van der Waals surface area contributed by atoms with Gasteiger partial charge in [0.1, 0.15) is 0 Å². The highest BCUT2D eigenvalue weighted by molar-refractivity contribution is 5.62. The number of rotatable bonds is 9. The average Bonchev–Trinajstić information content (AvgIpc) is 2.65. The fourth-order valence-corrected chi connectivity index (χ4v) is 2.73. The molecule has 0 fully saturated rings. The number of phenols is 2. The van der Waals surface area contributed by atoms with Gasteiger partial charge in [-0.1, -0.05) is 37.3 Å². The molecule has 0 saturated carbocycles. The van der Waals surface area contributed by atoms with E-state index in [0.29, 0.717) is 6.42 Å². The van der Waals surface area contributed by atoms with Crippen molar-refractivity contribution in [2.45, 2.75) is 39.2 Å². The minimum Gasteiger partial charge on any atom is -0.504 e. The Morgan fingerprint density at radius 1 is 1.03 bits per heavy atom. The number of aromatic hydroxyl groups is 2. The molecule has 0 bridgehead atoms. The van der Waals surface area contributed by atoms with Crippen LogP contribution in [0.25, 0.3) is 0 Å². The van der Waals surface area contributed by atoms with Gasteiger partial charge in [0.25, 0.3) is 5.97 Å². The lowest BCUT2D eigenvalue weighted by atomic mass is 10.0. The molecule has 1 unspecified atom stereocenters. The molecule has 0 aliphatic carbocycles. The molecule has 1 atom stereocenters. The van der Waals surface area contributed by atoms with Crippen molar-refractivity contribution >= 4 is 5.97 Å². The van der Waals surface area contributed by atoms with Crippen LogP contribution in [0, 0.1) is 10.1 Å². The van der Waals surface area contributed by atoms with E-state index in [4.69, 9.17) is 9.90 Å². The number of phenolic OH excluding ortho intramolecular Hbond substituents is 2. The van der Waals surface area contributed by atoms with E-state index in [1.165, 1.54) is 6.07 Å². The zero-order chi connectivity index (χ0) is 21.8. The predicted molar refractivity (Wildman–Crippen MR) is 110 cm³/mol. The van der Waals surface area contributed by atoms with E-state index >= 15 is 0 Å². The molecule has 8 heteroatoms. The quantitative estimate of drug-likeness (QED) is 0.218. The first kappa shape index (κ1) is 23.9. The maximum Gasteiger partial charge on any atom is 0.300 e. The molecule has 158 valence electrons. The Bertz CT molecular complexity index is 788. The van der Waals surface area contributed by atoms with Gasteiger partial charge in [-0.05, 0) is 49.2 Å². The van der Waals surface area contributed by atoms with Gasteiger partial charge in [0.15, 0.2) is 11.5 Å². The van der Waals surface area contributed by atoms with Crippen molar-refractivity contribution in [2.75, 3.05) is 13.1 Å². The Kier molecular flexibility index (Phi) is 10.2. The molecule has 2 aromatic rings. The first-order chi connectivity index (χ1) is 13.7. The number of aliphatic carboxylic acids is 1. The van der Waals surface area contributed by atoms with Crippen LogP contribution in [0.2, 0.25) is 0 Å². The van der Waals surface area contributed by atoms with Crippen LogP contribution in [0.4, 0.5) is 0 Å². The molecule has 2 aromatic carbocycles. The number of hydrogen-bond acceptors (Lipinski definition) is 6. The third-order valence-electron chi connectivity index (χ3n) is 4.23. The van der Waals surface area contributed by atoms with Crippen LogP contribution in [-0.4, -0.2) is 39.3 Å². The summed E-state index contributed by atoms with van der Waals surface area (Å²) in [5, 5.41) is 40.5. The van der Waals surface area contributed by atoms with Crippen LogP contribution in [-0.2, 0) is 17.6 Å². The van der Waals surface area contributed by atoms with Crippen molar-refractivity contribution in [2.24, 2.45) is 0 Å². The number of nitro groups is 1. The molecule has 0 spiro atoms. The monoisotopic (exact) mass is 404 g/mol. The van der Waals surface area contributed by atoms with Crippen molar-refractivity contribution in [1.82, 2.24) is 5.32 Å². The first-order valence-corrected chi connectivity index (χ1v) is 9.38. The Balaban J connectivity index is 0.000000960. The molecule has 0 amide bonds. The number of hydrogen-bond donors (Lipinski definition) is 4. The fraction of sp³-hybridized carbons (Fsp3) is 0.381. The minimum absolute atomic E-state index is 0.0994. The fourth-order valence-electron chi connectivity index (χ4n) is 2.73. The van der Waals surface area contributed by atoms with Crippen LogP contribution < -0.4 is 5.32 Å². The number of carboxylic acid groups (broad SMARTS) is 1. The lowest BCUT2D eigenvalue weighted by Crippen LogP contribution is -2.20. The zero-order valence-corrected chi connectivity index (χ0v) is 16.7. The number of carbonyl (C=O) groups is 1. The Labute approximate surface area is 170 Å². The van der Waals surface area contributed by atoms with Gasteiger partial charge in [-0.2, -0.15) is 0 Å². The Morgan fingerprint density at radius 2 is 1.55 bits per heavy atom. The second-order valence-electron chi connectivity index (χ2n) is 6.54. The first-order valence-electron chi connectivity index (χ1n) is 9.38. The second kappa shape index (κ2) is 12.4. The summed E-state index contributed by atoms with van der Waals surface area (Å²) >= 11 is 0. The average molecular weight is 404 g/mol. The molecule has 4 N–H and O–H groups in total. The van der Waals surface area contributed by atoms with Crippen molar-refractivity contribution in [3.05, 3.63) is 69.3 Å². The number of nitrogens with one attached hydrogen (secondary N) is 1. The van der Waals surface area contributed by atoms with Crippen LogP contribution in [0.5, 0.6) is 11.5 Å².